The highest BCUT2D eigenvalue weighted by Gasteiger charge is 2.34. The number of halogens is 2. The number of nitrogens with zero attached hydrogens (tertiary/aromatic N) is 2. The lowest BCUT2D eigenvalue weighted by molar-refractivity contribution is -0.0512. The maximum Gasteiger partial charge on any atom is 0.387 e. The second kappa shape index (κ2) is 7.75. The number of benzene rings is 2. The number of nitrogens with one attached hydrogen (secondary N) is 1. The second-order valence-corrected chi connectivity index (χ2v) is 6.26. The van der Waals surface area contributed by atoms with E-state index in [2.05, 4.69) is 15.0 Å². The second-order valence-electron chi connectivity index (χ2n) is 6.26. The van der Waals surface area contributed by atoms with Gasteiger partial charge in [0.15, 0.2) is 11.5 Å². The smallest absolute Gasteiger partial charge is 0.387 e. The lowest BCUT2D eigenvalue weighted by Crippen LogP contribution is -2.43. The summed E-state index contributed by atoms with van der Waals surface area (Å²) >= 11 is 0. The number of hydrogen-bond donors (Lipinski definition) is 1. The predicted molar refractivity (Wildman–Crippen MR) is 103 cm³/mol. The number of pyridine rings is 1. The Labute approximate surface area is 165 Å². The average Bonchev–Trinajstić information content (AvgIpc) is 2.74. The number of methoxy groups -OCH3 is 1. The molecule has 0 bridgehead atoms. The molecule has 0 radical (unpaired) electrons. The van der Waals surface area contributed by atoms with Crippen molar-refractivity contribution in [3.8, 4) is 11.5 Å². The molecule has 1 aliphatic rings. The lowest BCUT2D eigenvalue weighted by Gasteiger charge is -2.38. The van der Waals surface area contributed by atoms with Gasteiger partial charge >= 0.3 is 6.61 Å². The third kappa shape index (κ3) is 3.56. The van der Waals surface area contributed by atoms with Crippen LogP contribution in [-0.2, 0) is 0 Å². The number of carbonyl (C=O) groups is 1. The number of hydrogen-bond acceptors (Lipinski definition) is 5. The van der Waals surface area contributed by atoms with Crippen molar-refractivity contribution in [1.82, 2.24) is 4.98 Å². The Morgan fingerprint density at radius 1 is 1.07 bits per heavy atom. The molecule has 1 aliphatic heterocycles. The third-order valence-corrected chi connectivity index (χ3v) is 4.59. The molecular formula is C21H17F2N3O3. The molecule has 2 aromatic carbocycles. The first-order valence-electron chi connectivity index (χ1n) is 8.80. The van der Waals surface area contributed by atoms with E-state index in [9.17, 15) is 13.6 Å². The molecule has 29 heavy (non-hydrogen) atoms. The molecule has 1 amide bonds. The summed E-state index contributed by atoms with van der Waals surface area (Å²) in [7, 11) is 1.37. The zero-order chi connectivity index (χ0) is 20.4. The molecule has 0 saturated carbocycles. The van der Waals surface area contributed by atoms with E-state index in [0.29, 0.717) is 22.5 Å². The first kappa shape index (κ1) is 18.7. The number of fused-ring (bicyclic) bond motifs is 1. The molecule has 1 atom stereocenters. The van der Waals surface area contributed by atoms with Gasteiger partial charge in [-0.2, -0.15) is 8.78 Å². The summed E-state index contributed by atoms with van der Waals surface area (Å²) in [5.74, 6) is -0.128. The molecule has 1 aromatic heterocycles. The number of anilines is 2. The first-order chi connectivity index (χ1) is 14.1. The Morgan fingerprint density at radius 2 is 1.83 bits per heavy atom. The van der Waals surface area contributed by atoms with Crippen molar-refractivity contribution in [3.63, 3.8) is 0 Å². The quantitative estimate of drug-likeness (QED) is 0.689. The van der Waals surface area contributed by atoms with Gasteiger partial charge in [-0.25, -0.2) is 0 Å². The Balaban J connectivity index is 1.81. The van der Waals surface area contributed by atoms with Crippen LogP contribution in [0.5, 0.6) is 11.5 Å². The maximum absolute atomic E-state index is 13.3. The van der Waals surface area contributed by atoms with Crippen LogP contribution in [0, 0.1) is 0 Å². The minimum Gasteiger partial charge on any atom is -0.493 e. The molecule has 1 unspecified atom stereocenters. The molecule has 8 heteroatoms. The van der Waals surface area contributed by atoms with Crippen LogP contribution in [-0.4, -0.2) is 24.6 Å². The van der Waals surface area contributed by atoms with Crippen LogP contribution in [0.25, 0.3) is 0 Å². The van der Waals surface area contributed by atoms with Gasteiger partial charge in [-0.3, -0.25) is 14.7 Å². The third-order valence-electron chi connectivity index (χ3n) is 4.59. The van der Waals surface area contributed by atoms with Crippen LogP contribution in [0.2, 0.25) is 0 Å². The number of aromatic nitrogens is 1. The zero-order valence-corrected chi connectivity index (χ0v) is 15.4. The minimum atomic E-state index is -2.97. The van der Waals surface area contributed by atoms with E-state index in [1.807, 2.05) is 12.1 Å². The van der Waals surface area contributed by atoms with Gasteiger partial charge in [-0.1, -0.05) is 18.2 Å². The number of para-hydroxylation sites is 1. The molecule has 1 N–H and O–H groups in total. The standard InChI is InChI=1S/C21H17F2N3O3/c1-28-18-12-13(6-7-17(18)29-21(22)23)19-25-16-5-3-2-4-15(16)20(27)26(19)14-8-10-24-11-9-14/h2-12,19,21,25H,1H3. The molecule has 0 spiro atoms. The van der Waals surface area contributed by atoms with Crippen molar-refractivity contribution < 1.29 is 23.0 Å². The van der Waals surface area contributed by atoms with Gasteiger partial charge in [-0.15, -0.1) is 0 Å². The maximum atomic E-state index is 13.3. The molecule has 4 rings (SSSR count). The number of carbonyl (C=O) groups excluding carboxylic acids is 1. The monoisotopic (exact) mass is 397 g/mol. The van der Waals surface area contributed by atoms with Gasteiger partial charge in [0.2, 0.25) is 0 Å². The average molecular weight is 397 g/mol. The van der Waals surface area contributed by atoms with E-state index in [0.717, 1.165) is 0 Å². The van der Waals surface area contributed by atoms with Crippen LogP contribution in [0.4, 0.5) is 20.2 Å². The molecule has 0 aliphatic carbocycles. The Kier molecular flexibility index (Phi) is 4.99. The number of amides is 1. The number of ether oxygens (including phenoxy) is 2. The van der Waals surface area contributed by atoms with E-state index in [1.54, 1.807) is 53.7 Å². The highest BCUT2D eigenvalue weighted by Crippen LogP contribution is 2.39. The first-order valence-corrected chi connectivity index (χ1v) is 8.80. The number of alkyl halides is 2. The van der Waals surface area contributed by atoms with Gasteiger partial charge < -0.3 is 14.8 Å². The summed E-state index contributed by atoms with van der Waals surface area (Å²) < 4.78 is 35.0. The fourth-order valence-corrected chi connectivity index (χ4v) is 3.31. The Hall–Kier alpha value is -3.68. The lowest BCUT2D eigenvalue weighted by atomic mass is 10.0. The molecular weight excluding hydrogens is 380 g/mol. The SMILES string of the molecule is COc1cc(C2Nc3ccccc3C(=O)N2c2ccncc2)ccc1OC(F)F. The van der Waals surface area contributed by atoms with E-state index in [1.165, 1.54) is 13.2 Å². The molecule has 148 valence electrons. The highest BCUT2D eigenvalue weighted by atomic mass is 19.3. The van der Waals surface area contributed by atoms with Crippen LogP contribution >= 0.6 is 0 Å². The van der Waals surface area contributed by atoms with Gasteiger partial charge in [0.05, 0.1) is 12.7 Å². The summed E-state index contributed by atoms with van der Waals surface area (Å²) in [5, 5.41) is 3.34. The molecule has 3 aromatic rings. The van der Waals surface area contributed by atoms with Crippen molar-refractivity contribution >= 4 is 17.3 Å². The van der Waals surface area contributed by atoms with Gasteiger partial charge in [0, 0.05) is 23.8 Å². The molecule has 6 nitrogen and oxygen atoms in total. The normalized spacial score (nSPS) is 15.7. The van der Waals surface area contributed by atoms with Crippen LogP contribution in [0.15, 0.2) is 67.0 Å². The van der Waals surface area contributed by atoms with Crippen molar-refractivity contribution in [2.75, 3.05) is 17.3 Å². The van der Waals surface area contributed by atoms with Gasteiger partial charge in [0.1, 0.15) is 6.17 Å². The van der Waals surface area contributed by atoms with E-state index >= 15 is 0 Å². The largest absolute Gasteiger partial charge is 0.493 e. The molecule has 2 heterocycles. The zero-order valence-electron chi connectivity index (χ0n) is 15.4. The van der Waals surface area contributed by atoms with Crippen LogP contribution in [0.3, 0.4) is 0 Å². The summed E-state index contributed by atoms with van der Waals surface area (Å²) in [6.07, 6.45) is 2.61. The van der Waals surface area contributed by atoms with Crippen molar-refractivity contribution in [2.45, 2.75) is 12.8 Å². The number of rotatable bonds is 5. The summed E-state index contributed by atoms with van der Waals surface area (Å²) in [5.41, 5.74) is 2.50. The van der Waals surface area contributed by atoms with E-state index in [-0.39, 0.29) is 17.4 Å². The fraction of sp³-hybridized carbons (Fsp3) is 0.143. The Morgan fingerprint density at radius 3 is 2.55 bits per heavy atom. The van der Waals surface area contributed by atoms with E-state index < -0.39 is 12.8 Å². The van der Waals surface area contributed by atoms with E-state index in [4.69, 9.17) is 4.74 Å². The Bertz CT molecular complexity index is 1030. The molecule has 0 fully saturated rings. The summed E-state index contributed by atoms with van der Waals surface area (Å²) in [4.78, 5) is 18.9. The van der Waals surface area contributed by atoms with Crippen molar-refractivity contribution in [2.24, 2.45) is 0 Å². The summed E-state index contributed by atoms with van der Waals surface area (Å²) in [6.45, 7) is -2.97. The molecule has 0 saturated heterocycles. The minimum absolute atomic E-state index is 0.0794. The predicted octanol–water partition coefficient (Wildman–Crippen LogP) is 4.46. The highest BCUT2D eigenvalue weighted by molar-refractivity contribution is 6.12. The van der Waals surface area contributed by atoms with Crippen molar-refractivity contribution in [3.05, 3.63) is 78.1 Å². The summed E-state index contributed by atoms with van der Waals surface area (Å²) in [6, 6.07) is 15.2. The van der Waals surface area contributed by atoms with Gasteiger partial charge in [-0.05, 0) is 42.0 Å². The topological polar surface area (TPSA) is 63.7 Å². The van der Waals surface area contributed by atoms with Crippen LogP contribution < -0.4 is 19.7 Å². The van der Waals surface area contributed by atoms with Crippen LogP contribution in [0.1, 0.15) is 22.1 Å². The van der Waals surface area contributed by atoms with Crippen molar-refractivity contribution in [1.29, 1.82) is 0 Å². The van der Waals surface area contributed by atoms with Gasteiger partial charge in [0.25, 0.3) is 5.91 Å². The fourth-order valence-electron chi connectivity index (χ4n) is 3.31.